The number of hydrogen-bond donors (Lipinski definition) is 1. The number of nitrogens with one attached hydrogen (secondary N) is 1. The van der Waals surface area contributed by atoms with Crippen LogP contribution in [0.2, 0.25) is 0 Å². The summed E-state index contributed by atoms with van der Waals surface area (Å²) in [6.45, 7) is 0. The van der Waals surface area contributed by atoms with E-state index in [2.05, 4.69) is 15.1 Å². The van der Waals surface area contributed by atoms with E-state index in [0.717, 1.165) is 38.7 Å². The van der Waals surface area contributed by atoms with Crippen LogP contribution < -0.4 is 5.56 Å². The molecule has 6 heteroatoms. The monoisotopic (exact) mass is 378 g/mol. The molecule has 0 aliphatic heterocycles. The van der Waals surface area contributed by atoms with Crippen molar-refractivity contribution in [3.05, 3.63) is 89.5 Å². The Balaban J connectivity index is 1.83. The molecule has 0 amide bonds. The predicted octanol–water partition coefficient (Wildman–Crippen LogP) is 4.65. The maximum atomic E-state index is 12.3. The second kappa shape index (κ2) is 5.90. The topological polar surface area (TPSA) is 76.2 Å². The minimum Gasteiger partial charge on any atom is -0.437 e. The van der Waals surface area contributed by atoms with Crippen molar-refractivity contribution in [2.45, 2.75) is 0 Å². The molecule has 6 rings (SSSR count). The van der Waals surface area contributed by atoms with E-state index in [-0.39, 0.29) is 5.56 Å². The molecule has 0 bridgehead atoms. The lowest BCUT2D eigenvalue weighted by atomic mass is 9.98. The van der Waals surface area contributed by atoms with Crippen molar-refractivity contribution in [3.8, 4) is 22.5 Å². The van der Waals surface area contributed by atoms with Gasteiger partial charge in [-0.15, -0.1) is 0 Å². The van der Waals surface area contributed by atoms with E-state index < -0.39 is 0 Å². The van der Waals surface area contributed by atoms with E-state index in [9.17, 15) is 4.79 Å². The van der Waals surface area contributed by atoms with E-state index in [1.807, 2.05) is 60.7 Å². The summed E-state index contributed by atoms with van der Waals surface area (Å²) in [4.78, 5) is 21.2. The highest BCUT2D eigenvalue weighted by Gasteiger charge is 2.22. The Labute approximate surface area is 164 Å². The summed E-state index contributed by atoms with van der Waals surface area (Å²) in [6.07, 6.45) is 3.21. The third-order valence-corrected chi connectivity index (χ3v) is 5.13. The van der Waals surface area contributed by atoms with Gasteiger partial charge in [0.1, 0.15) is 5.76 Å². The van der Waals surface area contributed by atoms with Crippen LogP contribution in [0.15, 0.2) is 88.3 Å². The van der Waals surface area contributed by atoms with E-state index in [1.54, 1.807) is 6.20 Å². The molecule has 0 atom stereocenters. The van der Waals surface area contributed by atoms with Crippen LogP contribution in [0.4, 0.5) is 0 Å². The molecule has 0 saturated carbocycles. The Hall–Kier alpha value is -4.19. The first kappa shape index (κ1) is 15.8. The standard InChI is InChI=1S/C23H14N4O2/c28-17-11-12-24-22-16-13-25-23-19(20(16)26-27(17)22)18(14-7-3-1-4-8-14)21(29-23)15-9-5-2-6-10-15/h1-13,26H. The highest BCUT2D eigenvalue weighted by molar-refractivity contribution is 6.15. The smallest absolute Gasteiger partial charge is 0.272 e. The van der Waals surface area contributed by atoms with Crippen molar-refractivity contribution in [2.75, 3.05) is 0 Å². The molecule has 6 aromatic rings. The molecule has 2 aromatic carbocycles. The number of fused-ring (bicyclic) bond motifs is 5. The minimum atomic E-state index is -0.174. The lowest BCUT2D eigenvalue weighted by Gasteiger charge is -2.04. The molecule has 4 heterocycles. The van der Waals surface area contributed by atoms with E-state index in [1.165, 1.54) is 16.8 Å². The van der Waals surface area contributed by atoms with Crippen LogP contribution in [0.25, 0.3) is 50.1 Å². The Morgan fingerprint density at radius 2 is 1.59 bits per heavy atom. The number of hydrogen-bond acceptors (Lipinski definition) is 4. The maximum absolute atomic E-state index is 12.3. The first-order valence-corrected chi connectivity index (χ1v) is 9.23. The molecule has 6 nitrogen and oxygen atoms in total. The summed E-state index contributed by atoms with van der Waals surface area (Å²) < 4.78 is 7.68. The molecule has 0 aliphatic rings. The zero-order chi connectivity index (χ0) is 19.4. The average Bonchev–Trinajstić information content (AvgIpc) is 3.34. The molecule has 4 aromatic heterocycles. The summed E-state index contributed by atoms with van der Waals surface area (Å²) in [7, 11) is 0. The van der Waals surface area contributed by atoms with Gasteiger partial charge in [-0.3, -0.25) is 9.89 Å². The van der Waals surface area contributed by atoms with Crippen LogP contribution in [-0.4, -0.2) is 19.6 Å². The van der Waals surface area contributed by atoms with E-state index in [4.69, 9.17) is 4.42 Å². The number of aromatic amines is 1. The highest BCUT2D eigenvalue weighted by atomic mass is 16.3. The van der Waals surface area contributed by atoms with Crippen LogP contribution in [-0.2, 0) is 0 Å². The zero-order valence-corrected chi connectivity index (χ0v) is 15.2. The van der Waals surface area contributed by atoms with E-state index >= 15 is 0 Å². The Morgan fingerprint density at radius 1 is 0.862 bits per heavy atom. The van der Waals surface area contributed by atoms with Gasteiger partial charge in [0.25, 0.3) is 5.56 Å². The van der Waals surface area contributed by atoms with Crippen molar-refractivity contribution in [2.24, 2.45) is 0 Å². The van der Waals surface area contributed by atoms with Gasteiger partial charge in [0.2, 0.25) is 5.71 Å². The Morgan fingerprint density at radius 3 is 2.34 bits per heavy atom. The largest absolute Gasteiger partial charge is 0.437 e. The van der Waals surface area contributed by atoms with Crippen LogP contribution in [0.5, 0.6) is 0 Å². The van der Waals surface area contributed by atoms with Crippen molar-refractivity contribution >= 4 is 27.6 Å². The molecular weight excluding hydrogens is 364 g/mol. The number of benzene rings is 2. The number of nitrogens with zero attached hydrogens (tertiary/aromatic N) is 3. The molecule has 0 saturated heterocycles. The number of furan rings is 1. The minimum absolute atomic E-state index is 0.174. The van der Waals surface area contributed by atoms with Crippen molar-refractivity contribution in [1.82, 2.24) is 19.6 Å². The molecule has 0 radical (unpaired) electrons. The highest BCUT2D eigenvalue weighted by Crippen LogP contribution is 2.42. The predicted molar refractivity (Wildman–Crippen MR) is 112 cm³/mol. The molecule has 1 N–H and O–H groups in total. The van der Waals surface area contributed by atoms with Crippen LogP contribution >= 0.6 is 0 Å². The third-order valence-electron chi connectivity index (χ3n) is 5.13. The van der Waals surface area contributed by atoms with Gasteiger partial charge in [0.15, 0.2) is 5.65 Å². The summed E-state index contributed by atoms with van der Waals surface area (Å²) in [5.74, 6) is 0.741. The fourth-order valence-corrected chi connectivity index (χ4v) is 3.84. The SMILES string of the molecule is O=c1ccnc2c3cnc4oc(-c5ccccc5)c(-c5ccccc5)c4c3[nH]n12. The molecule has 0 aliphatic carbocycles. The van der Waals surface area contributed by atoms with Crippen LogP contribution in [0, 0.1) is 0 Å². The van der Waals surface area contributed by atoms with Gasteiger partial charge in [-0.2, -0.15) is 0 Å². The second-order valence-electron chi connectivity index (χ2n) is 6.82. The van der Waals surface area contributed by atoms with Gasteiger partial charge in [0.05, 0.1) is 16.3 Å². The second-order valence-corrected chi connectivity index (χ2v) is 6.82. The van der Waals surface area contributed by atoms with E-state index in [0.29, 0.717) is 11.4 Å². The molecule has 138 valence electrons. The van der Waals surface area contributed by atoms with Gasteiger partial charge in [-0.05, 0) is 5.56 Å². The summed E-state index contributed by atoms with van der Waals surface area (Å²) >= 11 is 0. The van der Waals surface area contributed by atoms with Crippen molar-refractivity contribution in [1.29, 1.82) is 0 Å². The summed E-state index contributed by atoms with van der Waals surface area (Å²) in [5.41, 5.74) is 4.56. The first-order chi connectivity index (χ1) is 14.3. The van der Waals surface area contributed by atoms with Crippen LogP contribution in [0.1, 0.15) is 0 Å². The average molecular weight is 378 g/mol. The Kier molecular flexibility index (Phi) is 3.22. The number of H-pyrrole nitrogens is 1. The normalized spacial score (nSPS) is 11.6. The lowest BCUT2D eigenvalue weighted by Crippen LogP contribution is -2.12. The lowest BCUT2D eigenvalue weighted by molar-refractivity contribution is 0.619. The fourth-order valence-electron chi connectivity index (χ4n) is 3.84. The first-order valence-electron chi connectivity index (χ1n) is 9.23. The number of aromatic nitrogens is 4. The zero-order valence-electron chi connectivity index (χ0n) is 15.2. The third kappa shape index (κ3) is 2.26. The van der Waals surface area contributed by atoms with Crippen molar-refractivity contribution in [3.63, 3.8) is 0 Å². The molecule has 0 spiro atoms. The Bertz CT molecular complexity index is 1560. The van der Waals surface area contributed by atoms with Gasteiger partial charge in [-0.1, -0.05) is 60.7 Å². The fraction of sp³-hybridized carbons (Fsp3) is 0. The van der Waals surface area contributed by atoms with Gasteiger partial charge >= 0.3 is 0 Å². The van der Waals surface area contributed by atoms with Gasteiger partial charge < -0.3 is 4.42 Å². The van der Waals surface area contributed by atoms with Crippen LogP contribution in [0.3, 0.4) is 0 Å². The number of rotatable bonds is 2. The number of pyridine rings is 1. The maximum Gasteiger partial charge on any atom is 0.272 e. The summed E-state index contributed by atoms with van der Waals surface area (Å²) in [5, 5.41) is 4.81. The summed E-state index contributed by atoms with van der Waals surface area (Å²) in [6, 6.07) is 21.4. The van der Waals surface area contributed by atoms with Gasteiger partial charge in [-0.25, -0.2) is 14.5 Å². The molecule has 0 unspecified atom stereocenters. The molecule has 0 fully saturated rings. The molecule has 29 heavy (non-hydrogen) atoms. The quantitative estimate of drug-likeness (QED) is 0.476. The van der Waals surface area contributed by atoms with Crippen molar-refractivity contribution < 1.29 is 4.42 Å². The van der Waals surface area contributed by atoms with Gasteiger partial charge in [0, 0.05) is 29.6 Å². The molecular formula is C23H14N4O2.